The summed E-state index contributed by atoms with van der Waals surface area (Å²) in [5.74, 6) is 1.54. The van der Waals surface area contributed by atoms with Crippen LogP contribution in [0.3, 0.4) is 0 Å². The van der Waals surface area contributed by atoms with Gasteiger partial charge in [-0.2, -0.15) is 0 Å². The van der Waals surface area contributed by atoms with Crippen LogP contribution in [0.4, 0.5) is 4.39 Å². The van der Waals surface area contributed by atoms with Gasteiger partial charge in [-0.1, -0.05) is 18.2 Å². The van der Waals surface area contributed by atoms with E-state index < -0.39 is 0 Å². The molecular weight excluding hydrogens is 453 g/mol. The molecule has 3 aromatic carbocycles. The van der Waals surface area contributed by atoms with Gasteiger partial charge in [-0.05, 0) is 47.5 Å². The summed E-state index contributed by atoms with van der Waals surface area (Å²) in [7, 11) is 4.54. The summed E-state index contributed by atoms with van der Waals surface area (Å²) < 4.78 is 41.2. The minimum Gasteiger partial charge on any atom is -0.493 e. The first-order valence-corrected chi connectivity index (χ1v) is 11.2. The Morgan fingerprint density at radius 1 is 0.943 bits per heavy atom. The van der Waals surface area contributed by atoms with Crippen LogP contribution in [0.1, 0.15) is 27.0 Å². The van der Waals surface area contributed by atoms with Gasteiger partial charge < -0.3 is 28.6 Å². The average Bonchev–Trinajstić information content (AvgIpc) is 3.09. The highest BCUT2D eigenvalue weighted by Crippen LogP contribution is 2.38. The quantitative estimate of drug-likeness (QED) is 0.469. The van der Waals surface area contributed by atoms with Gasteiger partial charge >= 0.3 is 0 Å². The first kappa shape index (κ1) is 24.3. The van der Waals surface area contributed by atoms with Gasteiger partial charge in [0.1, 0.15) is 18.2 Å². The zero-order valence-corrected chi connectivity index (χ0v) is 20.0. The highest BCUT2D eigenvalue weighted by Gasteiger charge is 2.24. The van der Waals surface area contributed by atoms with Crippen molar-refractivity contribution in [3.8, 4) is 23.0 Å². The maximum Gasteiger partial charge on any atom is 0.254 e. The number of benzene rings is 3. The van der Waals surface area contributed by atoms with Crippen LogP contribution in [0.15, 0.2) is 54.6 Å². The Labute approximate surface area is 203 Å². The molecule has 7 nitrogen and oxygen atoms in total. The Kier molecular flexibility index (Phi) is 7.72. The lowest BCUT2D eigenvalue weighted by Crippen LogP contribution is -2.32. The van der Waals surface area contributed by atoms with Crippen molar-refractivity contribution in [2.75, 3.05) is 34.5 Å². The van der Waals surface area contributed by atoms with Crippen LogP contribution in [0.25, 0.3) is 0 Å². The number of amides is 1. The molecule has 1 aliphatic rings. The van der Waals surface area contributed by atoms with Crippen molar-refractivity contribution in [3.05, 3.63) is 82.7 Å². The molecule has 3 aromatic rings. The molecule has 0 saturated carbocycles. The van der Waals surface area contributed by atoms with Gasteiger partial charge in [0.15, 0.2) is 11.5 Å². The fourth-order valence-electron chi connectivity index (χ4n) is 4.01. The molecule has 0 aromatic heterocycles. The zero-order valence-electron chi connectivity index (χ0n) is 20.0. The second kappa shape index (κ2) is 11.1. The predicted molar refractivity (Wildman–Crippen MR) is 128 cm³/mol. The maximum atomic E-state index is 13.4. The van der Waals surface area contributed by atoms with Crippen LogP contribution >= 0.6 is 0 Å². The Morgan fingerprint density at radius 2 is 1.66 bits per heavy atom. The van der Waals surface area contributed by atoms with Crippen molar-refractivity contribution >= 4 is 5.91 Å². The SMILES string of the molecule is COc1cc(C(=O)N2CCOc3ccc(COCc4cccc(F)c4)cc3C2)cc(OC)c1OC. The monoisotopic (exact) mass is 481 g/mol. The fraction of sp³-hybridized carbons (Fsp3) is 0.296. The molecule has 0 bridgehead atoms. The second-order valence-corrected chi connectivity index (χ2v) is 8.05. The Balaban J connectivity index is 1.49. The average molecular weight is 482 g/mol. The molecule has 184 valence electrons. The third-order valence-corrected chi connectivity index (χ3v) is 5.73. The summed E-state index contributed by atoms with van der Waals surface area (Å²) in [5, 5.41) is 0. The third-order valence-electron chi connectivity index (χ3n) is 5.73. The summed E-state index contributed by atoms with van der Waals surface area (Å²) in [5.41, 5.74) is 3.02. The molecule has 0 atom stereocenters. The van der Waals surface area contributed by atoms with Crippen LogP contribution < -0.4 is 18.9 Å². The third kappa shape index (κ3) is 5.66. The number of carbonyl (C=O) groups is 1. The zero-order chi connectivity index (χ0) is 24.8. The summed E-state index contributed by atoms with van der Waals surface area (Å²) >= 11 is 0. The van der Waals surface area contributed by atoms with Gasteiger partial charge in [-0.15, -0.1) is 0 Å². The maximum absolute atomic E-state index is 13.4. The van der Waals surface area contributed by atoms with E-state index in [1.165, 1.54) is 33.5 Å². The number of rotatable bonds is 8. The molecule has 0 fully saturated rings. The van der Waals surface area contributed by atoms with Crippen LogP contribution in [0.2, 0.25) is 0 Å². The second-order valence-electron chi connectivity index (χ2n) is 8.05. The molecule has 0 N–H and O–H groups in total. The Bertz CT molecular complexity index is 1170. The molecule has 1 heterocycles. The molecule has 1 amide bonds. The van der Waals surface area contributed by atoms with Crippen molar-refractivity contribution in [2.24, 2.45) is 0 Å². The van der Waals surface area contributed by atoms with Gasteiger partial charge in [-0.25, -0.2) is 4.39 Å². The highest BCUT2D eigenvalue weighted by molar-refractivity contribution is 5.95. The van der Waals surface area contributed by atoms with Crippen molar-refractivity contribution in [2.45, 2.75) is 19.8 Å². The lowest BCUT2D eigenvalue weighted by atomic mass is 10.1. The first-order chi connectivity index (χ1) is 17.0. The van der Waals surface area contributed by atoms with E-state index in [1.807, 2.05) is 24.3 Å². The van der Waals surface area contributed by atoms with Crippen LogP contribution in [0, 0.1) is 5.82 Å². The Hall–Kier alpha value is -3.78. The number of fused-ring (bicyclic) bond motifs is 1. The number of halogens is 1. The minimum absolute atomic E-state index is 0.173. The molecule has 0 saturated heterocycles. The van der Waals surface area contributed by atoms with Gasteiger partial charge in [0.2, 0.25) is 5.75 Å². The molecule has 0 aliphatic carbocycles. The summed E-state index contributed by atoms with van der Waals surface area (Å²) in [6.07, 6.45) is 0. The van der Waals surface area contributed by atoms with E-state index in [1.54, 1.807) is 23.1 Å². The summed E-state index contributed by atoms with van der Waals surface area (Å²) in [4.78, 5) is 15.1. The molecule has 0 spiro atoms. The van der Waals surface area contributed by atoms with E-state index in [0.717, 1.165) is 22.4 Å². The first-order valence-electron chi connectivity index (χ1n) is 11.2. The molecule has 8 heteroatoms. The molecular formula is C27H28FNO6. The number of carbonyl (C=O) groups excluding carboxylic acids is 1. The molecule has 4 rings (SSSR count). The lowest BCUT2D eigenvalue weighted by Gasteiger charge is -2.21. The number of hydrogen-bond acceptors (Lipinski definition) is 6. The van der Waals surface area contributed by atoms with Crippen LogP contribution in [0.5, 0.6) is 23.0 Å². The van der Waals surface area contributed by atoms with E-state index >= 15 is 0 Å². The van der Waals surface area contributed by atoms with E-state index in [9.17, 15) is 9.18 Å². The van der Waals surface area contributed by atoms with Crippen LogP contribution in [-0.4, -0.2) is 45.3 Å². The smallest absolute Gasteiger partial charge is 0.254 e. The summed E-state index contributed by atoms with van der Waals surface area (Å²) in [6, 6.07) is 15.4. The standard InChI is InChI=1S/C27H28FNO6/c1-31-24-13-20(14-25(32-2)26(24)33-3)27(30)29-9-10-35-23-8-7-19(11-21(23)15-29)17-34-16-18-5-4-6-22(28)12-18/h4-8,11-14H,9-10,15-17H2,1-3H3. The molecule has 1 aliphatic heterocycles. The molecule has 0 unspecified atom stereocenters. The van der Waals surface area contributed by atoms with Crippen molar-refractivity contribution in [3.63, 3.8) is 0 Å². The highest BCUT2D eigenvalue weighted by atomic mass is 19.1. The van der Waals surface area contributed by atoms with Gasteiger partial charge in [-0.3, -0.25) is 4.79 Å². The number of methoxy groups -OCH3 is 3. The number of ether oxygens (including phenoxy) is 5. The van der Waals surface area contributed by atoms with E-state index in [2.05, 4.69) is 0 Å². The van der Waals surface area contributed by atoms with Gasteiger partial charge in [0.05, 0.1) is 41.1 Å². The topological polar surface area (TPSA) is 66.5 Å². The van der Waals surface area contributed by atoms with Gasteiger partial charge in [0, 0.05) is 17.7 Å². The number of hydrogen-bond donors (Lipinski definition) is 0. The minimum atomic E-state index is -0.287. The predicted octanol–water partition coefficient (Wildman–Crippen LogP) is 4.60. The van der Waals surface area contributed by atoms with Crippen molar-refractivity contribution < 1.29 is 32.9 Å². The summed E-state index contributed by atoms with van der Waals surface area (Å²) in [6.45, 7) is 1.83. The van der Waals surface area contributed by atoms with Crippen molar-refractivity contribution in [1.82, 2.24) is 4.90 Å². The van der Waals surface area contributed by atoms with Gasteiger partial charge in [0.25, 0.3) is 5.91 Å². The van der Waals surface area contributed by atoms with E-state index in [4.69, 9.17) is 23.7 Å². The van der Waals surface area contributed by atoms with E-state index in [0.29, 0.717) is 55.7 Å². The lowest BCUT2D eigenvalue weighted by molar-refractivity contribution is 0.0732. The van der Waals surface area contributed by atoms with Crippen molar-refractivity contribution in [1.29, 1.82) is 0 Å². The van der Waals surface area contributed by atoms with Crippen LogP contribution in [-0.2, 0) is 24.5 Å². The number of nitrogens with zero attached hydrogens (tertiary/aromatic N) is 1. The Morgan fingerprint density at radius 3 is 2.31 bits per heavy atom. The van der Waals surface area contributed by atoms with E-state index in [-0.39, 0.29) is 11.7 Å². The molecule has 0 radical (unpaired) electrons. The normalized spacial score (nSPS) is 12.9. The fourth-order valence-corrected chi connectivity index (χ4v) is 4.01. The molecule has 35 heavy (non-hydrogen) atoms. The largest absolute Gasteiger partial charge is 0.493 e.